The summed E-state index contributed by atoms with van der Waals surface area (Å²) in [7, 11) is 0. The van der Waals surface area contributed by atoms with Crippen LogP contribution in [0.4, 0.5) is 0 Å². The van der Waals surface area contributed by atoms with Crippen LogP contribution in [-0.4, -0.2) is 33.3 Å². The Morgan fingerprint density at radius 1 is 1.09 bits per heavy atom. The van der Waals surface area contributed by atoms with Gasteiger partial charge in [-0.25, -0.2) is 0 Å². The molecule has 1 aliphatic carbocycles. The lowest BCUT2D eigenvalue weighted by Gasteiger charge is -2.43. The number of hydrogen-bond acceptors (Lipinski definition) is 3. The van der Waals surface area contributed by atoms with Gasteiger partial charge >= 0.3 is 0 Å². The molecule has 2 aliphatic rings. The van der Waals surface area contributed by atoms with E-state index in [1.807, 2.05) is 19.1 Å². The number of benzene rings is 1. The zero-order chi connectivity index (χ0) is 15.6. The molecule has 2 fully saturated rings. The molecule has 2 N–H and O–H groups in total. The molecule has 1 saturated heterocycles. The largest absolute Gasteiger partial charge is 0.392 e. The molecular weight excluding hydrogens is 274 g/mol. The maximum absolute atomic E-state index is 10.8. The highest BCUT2D eigenvalue weighted by molar-refractivity contribution is 5.22. The molecule has 3 rings (SSSR count). The van der Waals surface area contributed by atoms with Crippen LogP contribution in [0.25, 0.3) is 0 Å². The van der Waals surface area contributed by atoms with Gasteiger partial charge in [-0.2, -0.15) is 0 Å². The number of aliphatic hydroxyl groups excluding tert-OH is 1. The maximum Gasteiger partial charge on any atom is 0.0681 e. The molecule has 122 valence electrons. The molecule has 3 nitrogen and oxygen atoms in total. The summed E-state index contributed by atoms with van der Waals surface area (Å²) in [6.45, 7) is 4.25. The Bertz CT molecular complexity index is 483. The normalized spacial score (nSPS) is 33.2. The molecule has 0 spiro atoms. The fourth-order valence-corrected chi connectivity index (χ4v) is 4.44. The van der Waals surface area contributed by atoms with E-state index in [1.54, 1.807) is 0 Å². The Hall–Kier alpha value is -0.900. The summed E-state index contributed by atoms with van der Waals surface area (Å²) in [5.41, 5.74) is 1.78. The van der Waals surface area contributed by atoms with Gasteiger partial charge in [0.25, 0.3) is 0 Å². The molecule has 0 aromatic heterocycles. The molecule has 0 amide bonds. The smallest absolute Gasteiger partial charge is 0.0681 e. The second-order valence-corrected chi connectivity index (χ2v) is 7.36. The molecule has 3 heteroatoms. The second kappa shape index (κ2) is 6.69. The van der Waals surface area contributed by atoms with E-state index < -0.39 is 5.60 Å². The Labute approximate surface area is 134 Å². The Morgan fingerprint density at radius 2 is 1.82 bits per heavy atom. The van der Waals surface area contributed by atoms with E-state index in [0.29, 0.717) is 12.0 Å². The van der Waals surface area contributed by atoms with E-state index in [2.05, 4.69) is 17.0 Å². The first-order chi connectivity index (χ1) is 10.6. The average Bonchev–Trinajstić information content (AvgIpc) is 2.95. The van der Waals surface area contributed by atoms with E-state index in [-0.39, 0.29) is 6.61 Å². The van der Waals surface area contributed by atoms with Gasteiger partial charge in [0.15, 0.2) is 0 Å². The van der Waals surface area contributed by atoms with Crippen molar-refractivity contribution in [1.82, 2.24) is 4.90 Å². The first-order valence-corrected chi connectivity index (χ1v) is 8.75. The monoisotopic (exact) mass is 303 g/mol. The molecule has 1 heterocycles. The lowest BCUT2D eigenvalue weighted by molar-refractivity contribution is -0.0628. The maximum atomic E-state index is 10.8. The fraction of sp³-hybridized carbons (Fsp3) is 0.684. The number of aliphatic hydroxyl groups is 2. The van der Waals surface area contributed by atoms with Crippen LogP contribution < -0.4 is 0 Å². The lowest BCUT2D eigenvalue weighted by atomic mass is 9.72. The minimum Gasteiger partial charge on any atom is -0.392 e. The third-order valence-electron chi connectivity index (χ3n) is 5.72. The molecular formula is C19H29NO2. The van der Waals surface area contributed by atoms with Gasteiger partial charge in [-0.1, -0.05) is 37.1 Å². The zero-order valence-electron chi connectivity index (χ0n) is 13.7. The van der Waals surface area contributed by atoms with Crippen LogP contribution in [0.2, 0.25) is 0 Å². The molecule has 22 heavy (non-hydrogen) atoms. The second-order valence-electron chi connectivity index (χ2n) is 7.36. The predicted octanol–water partition coefficient (Wildman–Crippen LogP) is 3.08. The molecule has 0 bridgehead atoms. The third kappa shape index (κ3) is 3.37. The number of hydrogen-bond donors (Lipinski definition) is 2. The van der Waals surface area contributed by atoms with Gasteiger partial charge in [0.1, 0.15) is 0 Å². The molecule has 1 aliphatic heterocycles. The zero-order valence-corrected chi connectivity index (χ0v) is 13.7. The van der Waals surface area contributed by atoms with Crippen LogP contribution in [-0.2, 0) is 13.2 Å². The fourth-order valence-electron chi connectivity index (χ4n) is 4.44. The highest BCUT2D eigenvalue weighted by atomic mass is 16.3. The summed E-state index contributed by atoms with van der Waals surface area (Å²) in [5.74, 6) is 0.417. The summed E-state index contributed by atoms with van der Waals surface area (Å²) in [4.78, 5) is 2.57. The van der Waals surface area contributed by atoms with Gasteiger partial charge in [-0.3, -0.25) is 4.90 Å². The SMILES string of the molecule is CC1(O)CCCCC1C1CCCN1Cc1ccc(CO)cc1. The average molecular weight is 303 g/mol. The summed E-state index contributed by atoms with van der Waals surface area (Å²) in [6, 6.07) is 8.79. The summed E-state index contributed by atoms with van der Waals surface area (Å²) >= 11 is 0. The Balaban J connectivity index is 1.69. The molecule has 1 aromatic rings. The summed E-state index contributed by atoms with van der Waals surface area (Å²) in [6.07, 6.45) is 7.00. The lowest BCUT2D eigenvalue weighted by Crippen LogP contribution is -2.48. The minimum atomic E-state index is -0.494. The van der Waals surface area contributed by atoms with Gasteiger partial charge < -0.3 is 10.2 Å². The number of nitrogens with zero attached hydrogens (tertiary/aromatic N) is 1. The van der Waals surface area contributed by atoms with E-state index in [1.165, 1.54) is 31.2 Å². The Morgan fingerprint density at radius 3 is 2.50 bits per heavy atom. The van der Waals surface area contributed by atoms with E-state index in [4.69, 9.17) is 5.11 Å². The van der Waals surface area contributed by atoms with Crippen LogP contribution in [0.3, 0.4) is 0 Å². The molecule has 3 atom stereocenters. The van der Waals surface area contributed by atoms with Crippen molar-refractivity contribution in [3.63, 3.8) is 0 Å². The highest BCUT2D eigenvalue weighted by Gasteiger charge is 2.43. The Kier molecular flexibility index (Phi) is 4.86. The van der Waals surface area contributed by atoms with Crippen molar-refractivity contribution < 1.29 is 10.2 Å². The van der Waals surface area contributed by atoms with Gasteiger partial charge in [-0.05, 0) is 50.3 Å². The topological polar surface area (TPSA) is 43.7 Å². The minimum absolute atomic E-state index is 0.109. The van der Waals surface area contributed by atoms with Crippen LogP contribution >= 0.6 is 0 Å². The third-order valence-corrected chi connectivity index (χ3v) is 5.72. The quantitative estimate of drug-likeness (QED) is 0.898. The summed E-state index contributed by atoms with van der Waals surface area (Å²) in [5, 5.41) is 19.9. The van der Waals surface area contributed by atoms with Crippen molar-refractivity contribution in [2.24, 2.45) is 5.92 Å². The highest BCUT2D eigenvalue weighted by Crippen LogP contribution is 2.41. The van der Waals surface area contributed by atoms with Gasteiger partial charge in [-0.15, -0.1) is 0 Å². The first-order valence-electron chi connectivity index (χ1n) is 8.75. The van der Waals surface area contributed by atoms with E-state index in [9.17, 15) is 5.11 Å². The molecule has 0 radical (unpaired) electrons. The predicted molar refractivity (Wildman–Crippen MR) is 88.4 cm³/mol. The van der Waals surface area contributed by atoms with Crippen LogP contribution in [0.5, 0.6) is 0 Å². The molecule has 1 aromatic carbocycles. The van der Waals surface area contributed by atoms with Crippen LogP contribution in [0.1, 0.15) is 56.6 Å². The van der Waals surface area contributed by atoms with E-state index >= 15 is 0 Å². The summed E-state index contributed by atoms with van der Waals surface area (Å²) < 4.78 is 0. The molecule has 3 unspecified atom stereocenters. The van der Waals surface area contributed by atoms with Crippen LogP contribution in [0.15, 0.2) is 24.3 Å². The van der Waals surface area contributed by atoms with Crippen molar-refractivity contribution in [1.29, 1.82) is 0 Å². The van der Waals surface area contributed by atoms with E-state index in [0.717, 1.165) is 31.5 Å². The van der Waals surface area contributed by atoms with Crippen molar-refractivity contribution >= 4 is 0 Å². The van der Waals surface area contributed by atoms with Crippen molar-refractivity contribution in [3.05, 3.63) is 35.4 Å². The molecule has 1 saturated carbocycles. The first kappa shape index (κ1) is 16.0. The number of rotatable bonds is 4. The standard InChI is InChI=1S/C19H29NO2/c1-19(22)11-3-2-5-17(19)18-6-4-12-20(18)13-15-7-9-16(14-21)10-8-15/h7-10,17-18,21-22H,2-6,11-14H2,1H3. The van der Waals surface area contributed by atoms with Gasteiger partial charge in [0, 0.05) is 18.5 Å². The van der Waals surface area contributed by atoms with Crippen molar-refractivity contribution in [3.8, 4) is 0 Å². The van der Waals surface area contributed by atoms with Crippen LogP contribution in [0, 0.1) is 5.92 Å². The number of likely N-dealkylation sites (tertiary alicyclic amines) is 1. The van der Waals surface area contributed by atoms with Gasteiger partial charge in [0.2, 0.25) is 0 Å². The van der Waals surface area contributed by atoms with Crippen molar-refractivity contribution in [2.45, 2.75) is 70.2 Å². The van der Waals surface area contributed by atoms with Crippen molar-refractivity contribution in [2.75, 3.05) is 6.54 Å². The van der Waals surface area contributed by atoms with Gasteiger partial charge in [0.05, 0.1) is 12.2 Å².